The summed E-state index contributed by atoms with van der Waals surface area (Å²) < 4.78 is 4.97. The van der Waals surface area contributed by atoms with Gasteiger partial charge < -0.3 is 25.6 Å². The van der Waals surface area contributed by atoms with Crippen molar-refractivity contribution in [2.75, 3.05) is 49.4 Å². The third-order valence-corrected chi connectivity index (χ3v) is 5.23. The Labute approximate surface area is 205 Å². The third kappa shape index (κ3) is 7.68. The van der Waals surface area contributed by atoms with Gasteiger partial charge >= 0.3 is 0 Å². The Kier molecular flexibility index (Phi) is 9.39. The van der Waals surface area contributed by atoms with Gasteiger partial charge in [0.2, 0.25) is 5.91 Å². The van der Waals surface area contributed by atoms with Crippen LogP contribution in [0.4, 0.5) is 17.1 Å². The van der Waals surface area contributed by atoms with Crippen molar-refractivity contribution in [3.63, 3.8) is 0 Å². The Morgan fingerprint density at radius 1 is 0.857 bits per heavy atom. The zero-order valence-electron chi connectivity index (χ0n) is 19.9. The highest BCUT2D eigenvalue weighted by Gasteiger charge is 2.14. The molecule has 0 fully saturated rings. The standard InChI is InChI=1S/C27H30N4O4/c1-31(24-13-4-3-5-14-24)27(34)21-10-7-11-22(18-21)29-19-25(32)30-23-12-6-9-20(17-23)26(33)28-15-8-16-35-2/h3-7,9-14,17-18,29H,8,15-16,19H2,1-2H3,(H,28,33)(H,30,32). The minimum Gasteiger partial charge on any atom is -0.385 e. The van der Waals surface area contributed by atoms with E-state index in [4.69, 9.17) is 4.74 Å². The maximum absolute atomic E-state index is 12.8. The van der Waals surface area contributed by atoms with Gasteiger partial charge in [0.15, 0.2) is 0 Å². The summed E-state index contributed by atoms with van der Waals surface area (Å²) >= 11 is 0. The number of methoxy groups -OCH3 is 1. The Bertz CT molecular complexity index is 1150. The number of hydrogen-bond donors (Lipinski definition) is 3. The molecule has 3 amide bonds. The summed E-state index contributed by atoms with van der Waals surface area (Å²) in [4.78, 5) is 39.2. The molecule has 8 nitrogen and oxygen atoms in total. The van der Waals surface area contributed by atoms with Crippen molar-refractivity contribution < 1.29 is 19.1 Å². The molecular formula is C27H30N4O4. The number of anilines is 3. The number of carbonyl (C=O) groups is 3. The summed E-state index contributed by atoms with van der Waals surface area (Å²) in [6.07, 6.45) is 0.722. The molecule has 0 saturated carbocycles. The first-order valence-electron chi connectivity index (χ1n) is 11.3. The zero-order chi connectivity index (χ0) is 25.0. The summed E-state index contributed by atoms with van der Waals surface area (Å²) in [5, 5.41) is 8.64. The van der Waals surface area contributed by atoms with Crippen LogP contribution < -0.4 is 20.9 Å². The SMILES string of the molecule is COCCCNC(=O)c1cccc(NC(=O)CNc2cccc(C(=O)N(C)c3ccccc3)c2)c1. The van der Waals surface area contributed by atoms with E-state index in [1.165, 1.54) is 0 Å². The molecule has 3 aromatic carbocycles. The fourth-order valence-corrected chi connectivity index (χ4v) is 3.37. The first-order chi connectivity index (χ1) is 17.0. The van der Waals surface area contributed by atoms with Gasteiger partial charge in [0.05, 0.1) is 6.54 Å². The predicted molar refractivity (Wildman–Crippen MR) is 138 cm³/mol. The molecule has 3 rings (SSSR count). The molecule has 0 heterocycles. The lowest BCUT2D eigenvalue weighted by molar-refractivity contribution is -0.114. The van der Waals surface area contributed by atoms with Crippen molar-refractivity contribution in [2.45, 2.75) is 6.42 Å². The van der Waals surface area contributed by atoms with E-state index >= 15 is 0 Å². The van der Waals surface area contributed by atoms with Crippen LogP contribution in [0.15, 0.2) is 78.9 Å². The number of ether oxygens (including phenoxy) is 1. The number of amides is 3. The highest BCUT2D eigenvalue weighted by Crippen LogP contribution is 2.17. The molecule has 3 aromatic rings. The molecule has 0 aliphatic rings. The maximum atomic E-state index is 12.8. The van der Waals surface area contributed by atoms with E-state index in [1.807, 2.05) is 30.3 Å². The highest BCUT2D eigenvalue weighted by molar-refractivity contribution is 6.06. The average Bonchev–Trinajstić information content (AvgIpc) is 2.90. The minimum atomic E-state index is -0.277. The molecule has 0 unspecified atom stereocenters. The van der Waals surface area contributed by atoms with Gasteiger partial charge in [0.1, 0.15) is 0 Å². The van der Waals surface area contributed by atoms with Crippen LogP contribution in [0.5, 0.6) is 0 Å². The van der Waals surface area contributed by atoms with Gasteiger partial charge in [0, 0.05) is 55.5 Å². The van der Waals surface area contributed by atoms with Crippen LogP contribution in [-0.4, -0.2) is 51.6 Å². The number of hydrogen-bond acceptors (Lipinski definition) is 5. The number of para-hydroxylation sites is 1. The number of carbonyl (C=O) groups excluding carboxylic acids is 3. The van der Waals surface area contributed by atoms with Gasteiger partial charge in [-0.15, -0.1) is 0 Å². The topological polar surface area (TPSA) is 99.8 Å². The second kappa shape index (κ2) is 12.9. The van der Waals surface area contributed by atoms with Gasteiger partial charge in [-0.2, -0.15) is 0 Å². The smallest absolute Gasteiger partial charge is 0.258 e. The van der Waals surface area contributed by atoms with E-state index in [9.17, 15) is 14.4 Å². The normalized spacial score (nSPS) is 10.3. The number of rotatable bonds is 11. The van der Waals surface area contributed by atoms with Gasteiger partial charge in [-0.05, 0) is 55.0 Å². The Morgan fingerprint density at radius 3 is 2.29 bits per heavy atom. The van der Waals surface area contributed by atoms with Crippen LogP contribution >= 0.6 is 0 Å². The fourth-order valence-electron chi connectivity index (χ4n) is 3.37. The lowest BCUT2D eigenvalue weighted by Crippen LogP contribution is -2.26. The van der Waals surface area contributed by atoms with E-state index < -0.39 is 0 Å². The molecule has 0 spiro atoms. The molecule has 0 aromatic heterocycles. The van der Waals surface area contributed by atoms with Crippen LogP contribution in [0.25, 0.3) is 0 Å². The fraction of sp³-hybridized carbons (Fsp3) is 0.222. The monoisotopic (exact) mass is 474 g/mol. The van der Waals surface area contributed by atoms with Gasteiger partial charge in [0.25, 0.3) is 11.8 Å². The van der Waals surface area contributed by atoms with Crippen LogP contribution in [-0.2, 0) is 9.53 Å². The zero-order valence-corrected chi connectivity index (χ0v) is 19.9. The van der Waals surface area contributed by atoms with Gasteiger partial charge in [-0.1, -0.05) is 30.3 Å². The van der Waals surface area contributed by atoms with Crippen molar-refractivity contribution in [3.8, 4) is 0 Å². The second-order valence-electron chi connectivity index (χ2n) is 7.87. The molecule has 0 atom stereocenters. The first kappa shape index (κ1) is 25.5. The van der Waals surface area contributed by atoms with Crippen LogP contribution in [0.2, 0.25) is 0 Å². The molecule has 182 valence electrons. The summed E-state index contributed by atoms with van der Waals surface area (Å²) in [5.74, 6) is -0.639. The summed E-state index contributed by atoms with van der Waals surface area (Å²) in [5.41, 5.74) is 2.93. The minimum absolute atomic E-state index is 0.000387. The molecule has 0 aliphatic carbocycles. The summed E-state index contributed by atoms with van der Waals surface area (Å²) in [6, 6.07) is 23.1. The van der Waals surface area contributed by atoms with E-state index in [1.54, 1.807) is 67.6 Å². The van der Waals surface area contributed by atoms with Gasteiger partial charge in [-0.3, -0.25) is 14.4 Å². The molecule has 0 aliphatic heterocycles. The van der Waals surface area contributed by atoms with Crippen LogP contribution in [0.1, 0.15) is 27.1 Å². The van der Waals surface area contributed by atoms with E-state index in [0.717, 1.165) is 12.1 Å². The van der Waals surface area contributed by atoms with Crippen molar-refractivity contribution in [1.82, 2.24) is 5.32 Å². The molecule has 0 bridgehead atoms. The first-order valence-corrected chi connectivity index (χ1v) is 11.3. The van der Waals surface area contributed by atoms with Crippen LogP contribution in [0, 0.1) is 0 Å². The van der Waals surface area contributed by atoms with Crippen molar-refractivity contribution in [3.05, 3.63) is 90.0 Å². The third-order valence-electron chi connectivity index (χ3n) is 5.23. The van der Waals surface area contributed by atoms with Crippen LogP contribution in [0.3, 0.4) is 0 Å². The summed E-state index contributed by atoms with van der Waals surface area (Å²) in [6.45, 7) is 1.08. The van der Waals surface area contributed by atoms with Gasteiger partial charge in [-0.25, -0.2) is 0 Å². The largest absolute Gasteiger partial charge is 0.385 e. The lowest BCUT2D eigenvalue weighted by atomic mass is 10.1. The van der Waals surface area contributed by atoms with Crippen molar-refractivity contribution in [2.24, 2.45) is 0 Å². The molecule has 0 radical (unpaired) electrons. The Balaban J connectivity index is 1.54. The molecule has 8 heteroatoms. The Morgan fingerprint density at radius 2 is 1.54 bits per heavy atom. The lowest BCUT2D eigenvalue weighted by Gasteiger charge is -2.18. The molecule has 35 heavy (non-hydrogen) atoms. The molecular weight excluding hydrogens is 444 g/mol. The van der Waals surface area contributed by atoms with Crippen molar-refractivity contribution in [1.29, 1.82) is 0 Å². The van der Waals surface area contributed by atoms with E-state index in [0.29, 0.717) is 35.7 Å². The second-order valence-corrected chi connectivity index (χ2v) is 7.87. The number of nitrogens with zero attached hydrogens (tertiary/aromatic N) is 1. The number of nitrogens with one attached hydrogen (secondary N) is 3. The highest BCUT2D eigenvalue weighted by atomic mass is 16.5. The van der Waals surface area contributed by atoms with E-state index in [2.05, 4.69) is 16.0 Å². The summed E-state index contributed by atoms with van der Waals surface area (Å²) in [7, 11) is 3.34. The van der Waals surface area contributed by atoms with E-state index in [-0.39, 0.29) is 24.3 Å². The average molecular weight is 475 g/mol. The molecule has 0 saturated heterocycles. The Hall–Kier alpha value is -4.17. The maximum Gasteiger partial charge on any atom is 0.258 e. The molecule has 3 N–H and O–H groups in total. The number of benzene rings is 3. The quantitative estimate of drug-likeness (QED) is 0.367. The predicted octanol–water partition coefficient (Wildman–Crippen LogP) is 3.78. The van der Waals surface area contributed by atoms with Crippen molar-refractivity contribution >= 4 is 34.8 Å².